The molecular weight excluding hydrogens is 314 g/mol. The summed E-state index contributed by atoms with van der Waals surface area (Å²) in [6.45, 7) is 4.22. The predicted molar refractivity (Wildman–Crippen MR) is 97.2 cm³/mol. The van der Waals surface area contributed by atoms with Gasteiger partial charge in [0, 0.05) is 6.54 Å². The lowest BCUT2D eigenvalue weighted by atomic mass is 10.1. The van der Waals surface area contributed by atoms with E-state index in [-0.39, 0.29) is 5.91 Å². The molecule has 2 aromatic carbocycles. The number of aryl methyl sites for hydroxylation is 1. The van der Waals surface area contributed by atoms with Crippen LogP contribution in [-0.4, -0.2) is 22.8 Å². The van der Waals surface area contributed by atoms with E-state index in [1.165, 1.54) is 0 Å². The highest BCUT2D eigenvalue weighted by molar-refractivity contribution is 5.96. The Morgan fingerprint density at radius 3 is 2.40 bits per heavy atom. The van der Waals surface area contributed by atoms with E-state index >= 15 is 0 Å². The lowest BCUT2D eigenvalue weighted by Gasteiger charge is -2.07. The molecule has 0 unspecified atom stereocenters. The minimum absolute atomic E-state index is 0.118. The first-order valence-corrected chi connectivity index (χ1v) is 8.13. The number of aromatic nitrogens is 2. The van der Waals surface area contributed by atoms with Crippen molar-refractivity contribution >= 4 is 5.91 Å². The molecule has 0 saturated carbocycles. The summed E-state index contributed by atoms with van der Waals surface area (Å²) in [7, 11) is 1.63. The van der Waals surface area contributed by atoms with Gasteiger partial charge in [0.15, 0.2) is 0 Å². The molecule has 0 fully saturated rings. The number of benzene rings is 2. The third-order valence-electron chi connectivity index (χ3n) is 4.13. The number of amides is 1. The smallest absolute Gasteiger partial charge is 0.255 e. The summed E-state index contributed by atoms with van der Waals surface area (Å²) in [6.07, 6.45) is 0. The maximum absolute atomic E-state index is 12.6. The van der Waals surface area contributed by atoms with Crippen LogP contribution >= 0.6 is 0 Å². The summed E-state index contributed by atoms with van der Waals surface area (Å²) < 4.78 is 6.95. The molecule has 1 N–H and O–H groups in total. The first-order valence-electron chi connectivity index (χ1n) is 8.13. The Kier molecular flexibility index (Phi) is 4.84. The summed E-state index contributed by atoms with van der Waals surface area (Å²) in [4.78, 5) is 12.6. The Bertz CT molecular complexity index is 868. The van der Waals surface area contributed by atoms with E-state index in [1.807, 2.05) is 68.4 Å². The van der Waals surface area contributed by atoms with Crippen LogP contribution in [0.4, 0.5) is 0 Å². The van der Waals surface area contributed by atoms with Crippen LogP contribution in [0, 0.1) is 13.8 Å². The Morgan fingerprint density at radius 2 is 1.76 bits per heavy atom. The van der Waals surface area contributed by atoms with Gasteiger partial charge in [-0.25, -0.2) is 4.68 Å². The topological polar surface area (TPSA) is 56.1 Å². The second kappa shape index (κ2) is 7.21. The zero-order valence-electron chi connectivity index (χ0n) is 14.6. The van der Waals surface area contributed by atoms with Crippen LogP contribution < -0.4 is 10.1 Å². The number of hydrogen-bond acceptors (Lipinski definition) is 3. The van der Waals surface area contributed by atoms with Gasteiger partial charge in [-0.15, -0.1) is 0 Å². The van der Waals surface area contributed by atoms with Gasteiger partial charge in [0.1, 0.15) is 5.75 Å². The van der Waals surface area contributed by atoms with Crippen LogP contribution in [0.2, 0.25) is 0 Å². The van der Waals surface area contributed by atoms with E-state index in [0.29, 0.717) is 17.8 Å². The molecule has 25 heavy (non-hydrogen) atoms. The number of ether oxygens (including phenoxy) is 1. The molecule has 0 atom stereocenters. The SMILES string of the molecule is COc1ccc(CNC(=O)c2c(C)nn(-c3ccccc3)c2C)cc1. The molecule has 0 saturated heterocycles. The van der Waals surface area contributed by atoms with Crippen molar-refractivity contribution in [3.05, 3.63) is 77.1 Å². The van der Waals surface area contributed by atoms with Crippen LogP contribution in [0.15, 0.2) is 54.6 Å². The van der Waals surface area contributed by atoms with Crippen molar-refractivity contribution in [1.82, 2.24) is 15.1 Å². The van der Waals surface area contributed by atoms with Gasteiger partial charge in [-0.2, -0.15) is 5.10 Å². The minimum atomic E-state index is -0.118. The van der Waals surface area contributed by atoms with Gasteiger partial charge in [-0.3, -0.25) is 4.79 Å². The number of para-hydroxylation sites is 1. The molecule has 0 aliphatic rings. The van der Waals surface area contributed by atoms with Crippen LogP contribution in [0.1, 0.15) is 27.3 Å². The average Bonchev–Trinajstić information content (AvgIpc) is 2.95. The van der Waals surface area contributed by atoms with E-state index in [0.717, 1.165) is 22.7 Å². The maximum atomic E-state index is 12.6. The van der Waals surface area contributed by atoms with Crippen molar-refractivity contribution in [3.63, 3.8) is 0 Å². The van der Waals surface area contributed by atoms with Gasteiger partial charge in [0.05, 0.1) is 29.7 Å². The molecule has 5 nitrogen and oxygen atoms in total. The molecule has 3 rings (SSSR count). The largest absolute Gasteiger partial charge is 0.497 e. The van der Waals surface area contributed by atoms with Gasteiger partial charge in [0.2, 0.25) is 0 Å². The van der Waals surface area contributed by atoms with E-state index < -0.39 is 0 Å². The molecule has 3 aromatic rings. The minimum Gasteiger partial charge on any atom is -0.497 e. The zero-order chi connectivity index (χ0) is 17.8. The Hall–Kier alpha value is -3.08. The van der Waals surface area contributed by atoms with E-state index in [9.17, 15) is 4.79 Å². The number of nitrogens with zero attached hydrogens (tertiary/aromatic N) is 2. The molecule has 1 aromatic heterocycles. The fourth-order valence-electron chi connectivity index (χ4n) is 2.81. The van der Waals surface area contributed by atoms with Gasteiger partial charge < -0.3 is 10.1 Å². The van der Waals surface area contributed by atoms with Crippen LogP contribution in [0.5, 0.6) is 5.75 Å². The number of rotatable bonds is 5. The quantitative estimate of drug-likeness (QED) is 0.777. The molecule has 1 amide bonds. The number of hydrogen-bond donors (Lipinski definition) is 1. The Labute approximate surface area is 147 Å². The summed E-state index contributed by atoms with van der Waals surface area (Å²) in [5, 5.41) is 7.48. The highest BCUT2D eigenvalue weighted by atomic mass is 16.5. The van der Waals surface area contributed by atoms with Crippen LogP contribution in [-0.2, 0) is 6.54 Å². The number of carbonyl (C=O) groups excluding carboxylic acids is 1. The van der Waals surface area contributed by atoms with Crippen molar-refractivity contribution in [2.75, 3.05) is 7.11 Å². The van der Waals surface area contributed by atoms with Crippen LogP contribution in [0.25, 0.3) is 5.69 Å². The standard InChI is InChI=1S/C20H21N3O2/c1-14-19(15(2)23(22-14)17-7-5-4-6-8-17)20(24)21-13-16-9-11-18(25-3)12-10-16/h4-12H,13H2,1-3H3,(H,21,24). The van der Waals surface area contributed by atoms with Crippen molar-refractivity contribution in [2.45, 2.75) is 20.4 Å². The molecule has 0 aliphatic carbocycles. The van der Waals surface area contributed by atoms with Gasteiger partial charge >= 0.3 is 0 Å². The molecule has 128 valence electrons. The molecular formula is C20H21N3O2. The second-order valence-corrected chi connectivity index (χ2v) is 5.82. The third-order valence-corrected chi connectivity index (χ3v) is 4.13. The predicted octanol–water partition coefficient (Wildman–Crippen LogP) is 3.43. The van der Waals surface area contributed by atoms with Crippen molar-refractivity contribution in [2.24, 2.45) is 0 Å². The fraction of sp³-hybridized carbons (Fsp3) is 0.200. The maximum Gasteiger partial charge on any atom is 0.255 e. The monoisotopic (exact) mass is 335 g/mol. The number of nitrogens with one attached hydrogen (secondary N) is 1. The van der Waals surface area contributed by atoms with E-state index in [2.05, 4.69) is 10.4 Å². The summed E-state index contributed by atoms with van der Waals surface area (Å²) in [5.74, 6) is 0.680. The van der Waals surface area contributed by atoms with Gasteiger partial charge in [0.25, 0.3) is 5.91 Å². The van der Waals surface area contributed by atoms with Crippen molar-refractivity contribution in [3.8, 4) is 11.4 Å². The second-order valence-electron chi connectivity index (χ2n) is 5.82. The third kappa shape index (κ3) is 3.55. The average molecular weight is 335 g/mol. The molecule has 0 bridgehead atoms. The number of methoxy groups -OCH3 is 1. The normalized spacial score (nSPS) is 10.5. The summed E-state index contributed by atoms with van der Waals surface area (Å²) >= 11 is 0. The first-order chi connectivity index (χ1) is 12.1. The number of carbonyl (C=O) groups is 1. The van der Waals surface area contributed by atoms with Crippen molar-refractivity contribution < 1.29 is 9.53 Å². The highest BCUT2D eigenvalue weighted by Crippen LogP contribution is 2.18. The van der Waals surface area contributed by atoms with Crippen LogP contribution in [0.3, 0.4) is 0 Å². The summed E-state index contributed by atoms with van der Waals surface area (Å²) in [5.41, 5.74) is 4.12. The molecule has 0 spiro atoms. The fourth-order valence-corrected chi connectivity index (χ4v) is 2.81. The Balaban J connectivity index is 1.77. The summed E-state index contributed by atoms with van der Waals surface area (Å²) in [6, 6.07) is 17.4. The molecule has 1 heterocycles. The lowest BCUT2D eigenvalue weighted by Crippen LogP contribution is -2.24. The van der Waals surface area contributed by atoms with E-state index in [4.69, 9.17) is 4.74 Å². The highest BCUT2D eigenvalue weighted by Gasteiger charge is 2.19. The van der Waals surface area contributed by atoms with Crippen molar-refractivity contribution in [1.29, 1.82) is 0 Å². The van der Waals surface area contributed by atoms with Gasteiger partial charge in [-0.1, -0.05) is 30.3 Å². The molecule has 5 heteroatoms. The van der Waals surface area contributed by atoms with E-state index in [1.54, 1.807) is 11.8 Å². The lowest BCUT2D eigenvalue weighted by molar-refractivity contribution is 0.0949. The zero-order valence-corrected chi connectivity index (χ0v) is 14.6. The molecule has 0 radical (unpaired) electrons. The molecule has 0 aliphatic heterocycles. The van der Waals surface area contributed by atoms with Gasteiger partial charge in [-0.05, 0) is 43.7 Å². The first kappa shape index (κ1) is 16.8. The Morgan fingerprint density at radius 1 is 1.08 bits per heavy atom.